The molecule has 0 fully saturated rings. The number of rotatable bonds is 6. The van der Waals surface area contributed by atoms with Crippen molar-refractivity contribution in [2.24, 2.45) is 0 Å². The van der Waals surface area contributed by atoms with Crippen LogP contribution in [0.3, 0.4) is 0 Å². The number of carboxylic acids is 2. The van der Waals surface area contributed by atoms with Gasteiger partial charge in [0, 0.05) is 0 Å². The molecule has 0 atom stereocenters. The van der Waals surface area contributed by atoms with Gasteiger partial charge in [0.15, 0.2) is 11.2 Å². The zero-order valence-electron chi connectivity index (χ0n) is 11.6. The zero-order valence-corrected chi connectivity index (χ0v) is 11.6. The number of carboxylic acid groups (broad SMARTS) is 2. The molecule has 2 aromatic carbocycles. The molecule has 5 nitrogen and oxygen atoms in total. The molecule has 0 aliphatic heterocycles. The molecule has 0 amide bonds. The van der Waals surface area contributed by atoms with Crippen molar-refractivity contribution in [1.82, 2.24) is 0 Å². The van der Waals surface area contributed by atoms with E-state index in [1.165, 1.54) is 24.3 Å². The van der Waals surface area contributed by atoms with Gasteiger partial charge in [0.25, 0.3) is 0 Å². The van der Waals surface area contributed by atoms with Crippen LogP contribution in [0.4, 0.5) is 0 Å². The van der Waals surface area contributed by atoms with Crippen LogP contribution in [0.5, 0.6) is 0 Å². The molecule has 112 valence electrons. The maximum atomic E-state index is 12.6. The summed E-state index contributed by atoms with van der Waals surface area (Å²) in [6.07, 6.45) is -0.865. The third kappa shape index (κ3) is 2.61. The Morgan fingerprint density at radius 1 is 0.773 bits per heavy atom. The van der Waals surface area contributed by atoms with Crippen molar-refractivity contribution in [2.75, 3.05) is 0 Å². The zero-order chi connectivity index (χ0) is 16.2. The Bertz CT molecular complexity index is 652. The van der Waals surface area contributed by atoms with Crippen molar-refractivity contribution in [2.45, 2.75) is 11.8 Å². The minimum absolute atomic E-state index is 0.236. The molecule has 0 saturated heterocycles. The van der Waals surface area contributed by atoms with Crippen LogP contribution in [-0.2, 0) is 19.8 Å². The smallest absolute Gasteiger partial charge is 0.326 e. The highest BCUT2D eigenvalue weighted by Gasteiger charge is 2.49. The van der Waals surface area contributed by atoms with Crippen LogP contribution < -0.4 is 0 Å². The Morgan fingerprint density at radius 2 is 1.18 bits per heavy atom. The van der Waals surface area contributed by atoms with E-state index in [9.17, 15) is 19.5 Å². The molecule has 22 heavy (non-hydrogen) atoms. The fourth-order valence-electron chi connectivity index (χ4n) is 2.50. The topological polar surface area (TPSA) is 91.7 Å². The molecule has 0 spiro atoms. The Balaban J connectivity index is 2.74. The largest absolute Gasteiger partial charge is 0.481 e. The van der Waals surface area contributed by atoms with Crippen LogP contribution in [-0.4, -0.2) is 27.9 Å². The van der Waals surface area contributed by atoms with Gasteiger partial charge < -0.3 is 10.2 Å². The van der Waals surface area contributed by atoms with Crippen molar-refractivity contribution in [1.29, 1.82) is 0 Å². The van der Waals surface area contributed by atoms with Crippen LogP contribution in [0.1, 0.15) is 17.5 Å². The quantitative estimate of drug-likeness (QED) is 0.797. The molecule has 2 aromatic rings. The summed E-state index contributed by atoms with van der Waals surface area (Å²) in [5.41, 5.74) is -1.55. The van der Waals surface area contributed by atoms with Crippen LogP contribution in [0.2, 0.25) is 0 Å². The summed E-state index contributed by atoms with van der Waals surface area (Å²) in [6, 6.07) is 15.9. The Kier molecular flexibility index (Phi) is 4.36. The van der Waals surface area contributed by atoms with Gasteiger partial charge in [-0.1, -0.05) is 60.7 Å². The van der Waals surface area contributed by atoms with Crippen molar-refractivity contribution in [3.05, 3.63) is 71.8 Å². The SMILES string of the molecule is O=C(O)CC(=O)C(C(=O)O)(c1ccccc1)c1ccccc1. The van der Waals surface area contributed by atoms with E-state index in [-0.39, 0.29) is 11.1 Å². The molecular weight excluding hydrogens is 284 g/mol. The lowest BCUT2D eigenvalue weighted by molar-refractivity contribution is -0.148. The molecule has 2 N–H and O–H groups in total. The molecule has 0 aliphatic rings. The van der Waals surface area contributed by atoms with Crippen molar-refractivity contribution >= 4 is 17.7 Å². The van der Waals surface area contributed by atoms with Gasteiger partial charge in [-0.3, -0.25) is 14.4 Å². The number of hydrogen-bond acceptors (Lipinski definition) is 3. The molecule has 0 heterocycles. The van der Waals surface area contributed by atoms with Gasteiger partial charge in [0.1, 0.15) is 6.42 Å². The Hall–Kier alpha value is -2.95. The maximum absolute atomic E-state index is 12.6. The molecule has 0 radical (unpaired) electrons. The molecule has 5 heteroatoms. The molecule has 0 aliphatic carbocycles. The average molecular weight is 298 g/mol. The molecule has 0 aromatic heterocycles. The fraction of sp³-hybridized carbons (Fsp3) is 0.118. The lowest BCUT2D eigenvalue weighted by Crippen LogP contribution is -2.45. The summed E-state index contributed by atoms with van der Waals surface area (Å²) >= 11 is 0. The van der Waals surface area contributed by atoms with Gasteiger partial charge >= 0.3 is 11.9 Å². The molecular formula is C17H14O5. The van der Waals surface area contributed by atoms with Crippen LogP contribution in [0.25, 0.3) is 0 Å². The van der Waals surface area contributed by atoms with E-state index in [1.807, 2.05) is 0 Å². The van der Waals surface area contributed by atoms with E-state index in [4.69, 9.17) is 5.11 Å². The third-order valence-electron chi connectivity index (χ3n) is 3.46. The molecule has 2 rings (SSSR count). The summed E-state index contributed by atoms with van der Waals surface area (Å²) in [6.45, 7) is 0. The van der Waals surface area contributed by atoms with Crippen molar-refractivity contribution in [3.63, 3.8) is 0 Å². The summed E-state index contributed by atoms with van der Waals surface area (Å²) in [4.78, 5) is 35.5. The minimum Gasteiger partial charge on any atom is -0.481 e. The van der Waals surface area contributed by atoms with Crippen LogP contribution in [0, 0.1) is 0 Å². The predicted octanol–water partition coefficient (Wildman–Crippen LogP) is 2.10. The highest BCUT2D eigenvalue weighted by atomic mass is 16.4. The first-order valence-corrected chi connectivity index (χ1v) is 6.59. The van der Waals surface area contributed by atoms with Gasteiger partial charge in [0.05, 0.1) is 0 Å². The third-order valence-corrected chi connectivity index (χ3v) is 3.46. The fourth-order valence-corrected chi connectivity index (χ4v) is 2.50. The minimum atomic E-state index is -2.03. The summed E-state index contributed by atoms with van der Waals surface area (Å²) in [7, 11) is 0. The van der Waals surface area contributed by atoms with Crippen molar-refractivity contribution < 1.29 is 24.6 Å². The number of ketones is 1. The number of carbonyl (C=O) groups is 3. The van der Waals surface area contributed by atoms with E-state index >= 15 is 0 Å². The summed E-state index contributed by atoms with van der Waals surface area (Å²) in [5, 5.41) is 18.7. The Morgan fingerprint density at radius 3 is 1.50 bits per heavy atom. The first kappa shape index (κ1) is 15.4. The van der Waals surface area contributed by atoms with Crippen molar-refractivity contribution in [3.8, 4) is 0 Å². The summed E-state index contributed by atoms with van der Waals surface area (Å²) in [5.74, 6) is -3.64. The number of carbonyl (C=O) groups excluding carboxylic acids is 1. The van der Waals surface area contributed by atoms with E-state index in [2.05, 4.69) is 0 Å². The monoisotopic (exact) mass is 298 g/mol. The van der Waals surface area contributed by atoms with Crippen LogP contribution in [0.15, 0.2) is 60.7 Å². The maximum Gasteiger partial charge on any atom is 0.326 e. The van der Waals surface area contributed by atoms with Gasteiger partial charge in [-0.25, -0.2) is 0 Å². The lowest BCUT2D eigenvalue weighted by atomic mass is 9.70. The van der Waals surface area contributed by atoms with Gasteiger partial charge in [-0.2, -0.15) is 0 Å². The second kappa shape index (κ2) is 6.22. The number of hydrogen-bond donors (Lipinski definition) is 2. The molecule has 0 bridgehead atoms. The van der Waals surface area contributed by atoms with E-state index in [1.54, 1.807) is 36.4 Å². The van der Waals surface area contributed by atoms with E-state index in [0.29, 0.717) is 0 Å². The predicted molar refractivity (Wildman–Crippen MR) is 78.6 cm³/mol. The number of benzene rings is 2. The Labute approximate surface area is 126 Å². The molecule has 0 saturated carbocycles. The highest BCUT2D eigenvalue weighted by Crippen LogP contribution is 2.35. The number of aliphatic carboxylic acids is 2. The molecule has 0 unspecified atom stereocenters. The second-order valence-corrected chi connectivity index (χ2v) is 4.78. The summed E-state index contributed by atoms with van der Waals surface area (Å²) < 4.78 is 0. The van der Waals surface area contributed by atoms with E-state index in [0.717, 1.165) is 0 Å². The number of Topliss-reactive ketones (excluding diaryl/α,β-unsaturated/α-hetero) is 1. The van der Waals surface area contributed by atoms with E-state index < -0.39 is 29.6 Å². The van der Waals surface area contributed by atoms with Gasteiger partial charge in [-0.05, 0) is 11.1 Å². The van der Waals surface area contributed by atoms with Gasteiger partial charge in [0.2, 0.25) is 0 Å². The first-order chi connectivity index (χ1) is 10.5. The standard InChI is InChI=1S/C17H14O5/c18-14(11-15(19)20)17(16(21)22,12-7-3-1-4-8-12)13-9-5-2-6-10-13/h1-10H,11H2,(H,19,20)(H,21,22). The lowest BCUT2D eigenvalue weighted by Gasteiger charge is -2.28. The highest BCUT2D eigenvalue weighted by molar-refractivity contribution is 6.16. The first-order valence-electron chi connectivity index (χ1n) is 6.59. The normalized spacial score (nSPS) is 10.9. The average Bonchev–Trinajstić information content (AvgIpc) is 2.49. The second-order valence-electron chi connectivity index (χ2n) is 4.78. The van der Waals surface area contributed by atoms with Gasteiger partial charge in [-0.15, -0.1) is 0 Å². The van der Waals surface area contributed by atoms with Crippen LogP contribution >= 0.6 is 0 Å².